The van der Waals surface area contributed by atoms with Crippen LogP contribution in [-0.2, 0) is 0 Å². The fraction of sp³-hybridized carbons (Fsp3) is 0.571. The Morgan fingerprint density at radius 1 is 1.28 bits per heavy atom. The van der Waals surface area contributed by atoms with E-state index in [1.165, 1.54) is 47.9 Å². The molecule has 5 aliphatic heterocycles. The monoisotopic (exact) mass is 278 g/mol. The van der Waals surface area contributed by atoms with Gasteiger partial charge < -0.3 is 9.80 Å². The van der Waals surface area contributed by atoms with Crippen LogP contribution in [0.4, 0.5) is 0 Å². The van der Waals surface area contributed by atoms with Crippen molar-refractivity contribution in [2.45, 2.75) is 18.9 Å². The standard InChI is InChI=1S/C14H18N2S2/c17-13-9-18-14-8-16(6-3-11(13)14)12-7-15-4-1-10(12)2-5-15/h3,6,8,10,12,17H,1-2,4-5,7,9H2/t12-/m0/s1. The molecule has 0 unspecified atom stereocenters. The molecule has 0 amide bonds. The minimum Gasteiger partial charge on any atom is -0.349 e. The number of thioether (sulfide) groups is 1. The van der Waals surface area contributed by atoms with E-state index in [1.54, 1.807) is 0 Å². The van der Waals surface area contributed by atoms with Crippen LogP contribution in [0.1, 0.15) is 12.8 Å². The van der Waals surface area contributed by atoms with Crippen molar-refractivity contribution in [1.29, 1.82) is 0 Å². The van der Waals surface area contributed by atoms with Gasteiger partial charge in [-0.2, -0.15) is 0 Å². The normalized spacial score (nSPS) is 38.2. The van der Waals surface area contributed by atoms with Gasteiger partial charge in [-0.3, -0.25) is 0 Å². The second-order valence-electron chi connectivity index (χ2n) is 5.61. The number of nitrogens with zero attached hydrogens (tertiary/aromatic N) is 2. The summed E-state index contributed by atoms with van der Waals surface area (Å²) in [4.78, 5) is 7.73. The van der Waals surface area contributed by atoms with Gasteiger partial charge in [-0.25, -0.2) is 0 Å². The van der Waals surface area contributed by atoms with Crippen LogP contribution in [0.25, 0.3) is 0 Å². The van der Waals surface area contributed by atoms with E-state index in [2.05, 4.69) is 40.9 Å². The summed E-state index contributed by atoms with van der Waals surface area (Å²) in [5, 5.41) is 0. The first kappa shape index (κ1) is 11.5. The summed E-state index contributed by atoms with van der Waals surface area (Å²) in [7, 11) is 0. The Labute approximate surface area is 118 Å². The van der Waals surface area contributed by atoms with E-state index in [1.807, 2.05) is 11.8 Å². The molecule has 96 valence electrons. The molecular weight excluding hydrogens is 260 g/mol. The third kappa shape index (κ3) is 1.77. The Bertz CT molecular complexity index is 458. The van der Waals surface area contributed by atoms with E-state index in [4.69, 9.17) is 0 Å². The third-order valence-corrected chi connectivity index (χ3v) is 6.31. The molecule has 2 nitrogen and oxygen atoms in total. The molecule has 18 heavy (non-hydrogen) atoms. The van der Waals surface area contributed by atoms with E-state index in [-0.39, 0.29) is 0 Å². The molecule has 0 N–H and O–H groups in total. The SMILES string of the molecule is SC1=C2C=CN([C@H]3CN4CCC3CC4)C=C2SC1. The highest BCUT2D eigenvalue weighted by Crippen LogP contribution is 2.42. The highest BCUT2D eigenvalue weighted by atomic mass is 32.2. The number of hydrogen-bond donors (Lipinski definition) is 1. The molecule has 0 aromatic carbocycles. The van der Waals surface area contributed by atoms with Crippen LogP contribution >= 0.6 is 24.4 Å². The Morgan fingerprint density at radius 2 is 2.11 bits per heavy atom. The maximum Gasteiger partial charge on any atom is 0.0487 e. The Kier molecular flexibility index (Phi) is 2.78. The van der Waals surface area contributed by atoms with Crippen LogP contribution in [0.5, 0.6) is 0 Å². The maximum absolute atomic E-state index is 4.55. The van der Waals surface area contributed by atoms with Crippen LogP contribution in [0.15, 0.2) is 33.9 Å². The number of allylic oxidation sites excluding steroid dienone is 2. The van der Waals surface area contributed by atoms with Crippen molar-refractivity contribution in [3.8, 4) is 0 Å². The Hall–Kier alpha value is -0.320. The molecule has 0 spiro atoms. The lowest BCUT2D eigenvalue weighted by molar-refractivity contribution is 0.0413. The molecule has 5 rings (SSSR count). The van der Waals surface area contributed by atoms with Gasteiger partial charge in [-0.1, -0.05) is 0 Å². The maximum atomic E-state index is 4.55. The quantitative estimate of drug-likeness (QED) is 0.737. The summed E-state index contributed by atoms with van der Waals surface area (Å²) >= 11 is 6.48. The second-order valence-corrected chi connectivity index (χ2v) is 7.17. The molecule has 0 aromatic rings. The smallest absolute Gasteiger partial charge is 0.0487 e. The summed E-state index contributed by atoms with van der Waals surface area (Å²) in [6.45, 7) is 3.88. The van der Waals surface area contributed by atoms with Gasteiger partial charge in [0.25, 0.3) is 0 Å². The Balaban J connectivity index is 1.59. The lowest BCUT2D eigenvalue weighted by atomic mass is 9.83. The summed E-state index contributed by atoms with van der Waals surface area (Å²) in [6.07, 6.45) is 9.65. The highest BCUT2D eigenvalue weighted by molar-refractivity contribution is 8.05. The van der Waals surface area contributed by atoms with Crippen molar-refractivity contribution < 1.29 is 0 Å². The molecular formula is C14H18N2S2. The average molecular weight is 278 g/mol. The molecule has 5 heterocycles. The number of hydrogen-bond acceptors (Lipinski definition) is 4. The lowest BCUT2D eigenvalue weighted by Crippen LogP contribution is -2.55. The largest absolute Gasteiger partial charge is 0.349 e. The number of piperidine rings is 3. The first-order valence-corrected chi connectivity index (χ1v) is 8.19. The molecule has 2 bridgehead atoms. The van der Waals surface area contributed by atoms with Crippen LogP contribution in [0, 0.1) is 5.92 Å². The summed E-state index contributed by atoms with van der Waals surface area (Å²) < 4.78 is 0. The first-order chi connectivity index (χ1) is 8.81. The van der Waals surface area contributed by atoms with Crippen LogP contribution < -0.4 is 0 Å². The lowest BCUT2D eigenvalue weighted by Gasteiger charge is -2.48. The average Bonchev–Trinajstić information content (AvgIpc) is 2.81. The molecule has 0 aliphatic carbocycles. The van der Waals surface area contributed by atoms with Crippen molar-refractivity contribution in [2.75, 3.05) is 25.4 Å². The fourth-order valence-corrected chi connectivity index (χ4v) is 5.00. The van der Waals surface area contributed by atoms with E-state index in [0.717, 1.165) is 11.7 Å². The van der Waals surface area contributed by atoms with Gasteiger partial charge in [0.15, 0.2) is 0 Å². The molecule has 3 saturated heterocycles. The molecule has 4 heteroatoms. The van der Waals surface area contributed by atoms with Crippen molar-refractivity contribution in [3.63, 3.8) is 0 Å². The van der Waals surface area contributed by atoms with E-state index in [9.17, 15) is 0 Å². The van der Waals surface area contributed by atoms with Gasteiger partial charge in [-0.05, 0) is 37.9 Å². The molecule has 1 atom stereocenters. The van der Waals surface area contributed by atoms with Gasteiger partial charge in [0, 0.05) is 46.1 Å². The second kappa shape index (κ2) is 4.36. The summed E-state index contributed by atoms with van der Waals surface area (Å²) in [6, 6.07) is 0.697. The third-order valence-electron chi connectivity index (χ3n) is 4.63. The van der Waals surface area contributed by atoms with Crippen molar-refractivity contribution >= 4 is 24.4 Å². The topological polar surface area (TPSA) is 6.48 Å². The van der Waals surface area contributed by atoms with Crippen LogP contribution in [0.2, 0.25) is 0 Å². The highest BCUT2D eigenvalue weighted by Gasteiger charge is 2.37. The van der Waals surface area contributed by atoms with E-state index < -0.39 is 0 Å². The number of rotatable bonds is 1. The zero-order valence-electron chi connectivity index (χ0n) is 10.4. The summed E-state index contributed by atoms with van der Waals surface area (Å²) in [5.41, 5.74) is 1.35. The van der Waals surface area contributed by atoms with E-state index in [0.29, 0.717) is 6.04 Å². The molecule has 5 aliphatic rings. The van der Waals surface area contributed by atoms with Crippen molar-refractivity contribution in [3.05, 3.63) is 33.9 Å². The number of fused-ring (bicyclic) bond motifs is 4. The fourth-order valence-electron chi connectivity index (χ4n) is 3.55. The van der Waals surface area contributed by atoms with E-state index >= 15 is 0 Å². The first-order valence-electron chi connectivity index (χ1n) is 6.76. The van der Waals surface area contributed by atoms with Gasteiger partial charge in [-0.15, -0.1) is 24.4 Å². The van der Waals surface area contributed by atoms with Crippen molar-refractivity contribution in [2.24, 2.45) is 5.92 Å². The van der Waals surface area contributed by atoms with Crippen LogP contribution in [0.3, 0.4) is 0 Å². The number of thiol groups is 1. The molecule has 0 radical (unpaired) electrons. The van der Waals surface area contributed by atoms with Crippen molar-refractivity contribution in [1.82, 2.24) is 9.80 Å². The predicted molar refractivity (Wildman–Crippen MR) is 80.5 cm³/mol. The van der Waals surface area contributed by atoms with Gasteiger partial charge in [0.1, 0.15) is 0 Å². The molecule has 0 aromatic heterocycles. The van der Waals surface area contributed by atoms with Gasteiger partial charge in [0.05, 0.1) is 0 Å². The zero-order valence-corrected chi connectivity index (χ0v) is 12.1. The van der Waals surface area contributed by atoms with Gasteiger partial charge >= 0.3 is 0 Å². The zero-order chi connectivity index (χ0) is 12.1. The van der Waals surface area contributed by atoms with Gasteiger partial charge in [0.2, 0.25) is 0 Å². The Morgan fingerprint density at radius 3 is 2.83 bits per heavy atom. The minimum absolute atomic E-state index is 0.697. The van der Waals surface area contributed by atoms with Crippen LogP contribution in [-0.4, -0.2) is 41.2 Å². The summed E-state index contributed by atoms with van der Waals surface area (Å²) in [5.74, 6) is 1.94. The molecule has 0 saturated carbocycles. The predicted octanol–water partition coefficient (Wildman–Crippen LogP) is 2.68. The molecule has 3 fully saturated rings. The minimum atomic E-state index is 0.697.